The van der Waals surface area contributed by atoms with Crippen LogP contribution in [0.15, 0.2) is 30.3 Å². The highest BCUT2D eigenvalue weighted by Gasteiger charge is 2.28. The molecule has 0 aliphatic carbocycles. The van der Waals surface area contributed by atoms with E-state index in [0.717, 1.165) is 32.6 Å². The standard InChI is InChI=1S/C20H33N3O/c1-4-22(20(24)19(21)16(2)3)15-18-12-8-9-13-23(18)14-17-10-6-5-7-11-17/h5-7,10-11,16,18-19H,4,8-9,12-15,21H2,1-3H3/t18-,19?/m0/s1. The van der Waals surface area contributed by atoms with Crippen LogP contribution in [0.3, 0.4) is 0 Å². The summed E-state index contributed by atoms with van der Waals surface area (Å²) in [6, 6.07) is 10.7. The maximum Gasteiger partial charge on any atom is 0.239 e. The monoisotopic (exact) mass is 331 g/mol. The minimum atomic E-state index is -0.392. The van der Waals surface area contributed by atoms with Crippen LogP contribution in [0, 0.1) is 5.92 Å². The van der Waals surface area contributed by atoms with Crippen LogP contribution in [-0.2, 0) is 11.3 Å². The summed E-state index contributed by atoms with van der Waals surface area (Å²) in [4.78, 5) is 17.1. The molecule has 1 fully saturated rings. The van der Waals surface area contributed by atoms with E-state index in [-0.39, 0.29) is 11.8 Å². The van der Waals surface area contributed by atoms with E-state index >= 15 is 0 Å². The number of carbonyl (C=O) groups excluding carboxylic acids is 1. The van der Waals surface area contributed by atoms with Crippen LogP contribution < -0.4 is 5.73 Å². The van der Waals surface area contributed by atoms with E-state index in [1.807, 2.05) is 18.7 Å². The van der Waals surface area contributed by atoms with Crippen LogP contribution in [0.1, 0.15) is 45.6 Å². The van der Waals surface area contributed by atoms with E-state index in [4.69, 9.17) is 5.73 Å². The van der Waals surface area contributed by atoms with Crippen molar-refractivity contribution in [1.82, 2.24) is 9.80 Å². The number of likely N-dealkylation sites (N-methyl/N-ethyl adjacent to an activating group) is 1. The zero-order chi connectivity index (χ0) is 17.5. The van der Waals surface area contributed by atoms with Gasteiger partial charge in [0.25, 0.3) is 0 Å². The molecule has 0 spiro atoms. The summed E-state index contributed by atoms with van der Waals surface area (Å²) in [5, 5.41) is 0. The summed E-state index contributed by atoms with van der Waals surface area (Å²) in [6.07, 6.45) is 3.65. The Morgan fingerprint density at radius 1 is 1.29 bits per heavy atom. The van der Waals surface area contributed by atoms with Gasteiger partial charge >= 0.3 is 0 Å². The summed E-state index contributed by atoms with van der Waals surface area (Å²) < 4.78 is 0. The fraction of sp³-hybridized carbons (Fsp3) is 0.650. The molecule has 4 heteroatoms. The fourth-order valence-electron chi connectivity index (χ4n) is 3.42. The van der Waals surface area contributed by atoms with Crippen LogP contribution in [-0.4, -0.2) is 47.4 Å². The normalized spacial score (nSPS) is 20.1. The van der Waals surface area contributed by atoms with Gasteiger partial charge in [0.15, 0.2) is 0 Å². The molecule has 2 N–H and O–H groups in total. The average molecular weight is 332 g/mol. The largest absolute Gasteiger partial charge is 0.340 e. The van der Waals surface area contributed by atoms with Crippen LogP contribution >= 0.6 is 0 Å². The van der Waals surface area contributed by atoms with Crippen LogP contribution in [0.5, 0.6) is 0 Å². The first-order valence-electron chi connectivity index (χ1n) is 9.35. The van der Waals surface area contributed by atoms with Gasteiger partial charge in [-0.25, -0.2) is 0 Å². The van der Waals surface area contributed by atoms with Gasteiger partial charge in [0.2, 0.25) is 5.91 Å². The van der Waals surface area contributed by atoms with Crippen molar-refractivity contribution < 1.29 is 4.79 Å². The lowest BCUT2D eigenvalue weighted by molar-refractivity contribution is -0.134. The second-order valence-corrected chi connectivity index (χ2v) is 7.25. The van der Waals surface area contributed by atoms with Gasteiger partial charge in [-0.05, 0) is 37.8 Å². The third-order valence-electron chi connectivity index (χ3n) is 5.11. The van der Waals surface area contributed by atoms with Gasteiger partial charge in [-0.2, -0.15) is 0 Å². The summed E-state index contributed by atoms with van der Waals surface area (Å²) in [6.45, 7) is 9.68. The number of nitrogens with two attached hydrogens (primary N) is 1. The predicted molar refractivity (Wildman–Crippen MR) is 99.6 cm³/mol. The van der Waals surface area contributed by atoms with Crippen molar-refractivity contribution in [1.29, 1.82) is 0 Å². The van der Waals surface area contributed by atoms with E-state index in [1.54, 1.807) is 0 Å². The number of rotatable bonds is 7. The molecule has 1 aromatic carbocycles. The van der Waals surface area contributed by atoms with Crippen molar-refractivity contribution in [3.63, 3.8) is 0 Å². The van der Waals surface area contributed by atoms with Crippen molar-refractivity contribution in [2.45, 2.75) is 58.7 Å². The van der Waals surface area contributed by atoms with Gasteiger partial charge in [-0.1, -0.05) is 50.6 Å². The second kappa shape index (κ2) is 9.19. The van der Waals surface area contributed by atoms with Crippen LogP contribution in [0.2, 0.25) is 0 Å². The number of likely N-dealkylation sites (tertiary alicyclic amines) is 1. The molecule has 1 aliphatic heterocycles. The topological polar surface area (TPSA) is 49.6 Å². The molecule has 24 heavy (non-hydrogen) atoms. The van der Waals surface area contributed by atoms with Gasteiger partial charge in [-0.3, -0.25) is 9.69 Å². The number of hydrogen-bond acceptors (Lipinski definition) is 3. The maximum atomic E-state index is 12.6. The summed E-state index contributed by atoms with van der Waals surface area (Å²) >= 11 is 0. The number of piperidine rings is 1. The summed E-state index contributed by atoms with van der Waals surface area (Å²) in [5.41, 5.74) is 7.44. The highest BCUT2D eigenvalue weighted by atomic mass is 16.2. The number of nitrogens with zero attached hydrogens (tertiary/aromatic N) is 2. The number of amides is 1. The zero-order valence-electron chi connectivity index (χ0n) is 15.4. The predicted octanol–water partition coefficient (Wildman–Crippen LogP) is 2.87. The SMILES string of the molecule is CCN(C[C@@H]1CCCCN1Cc1ccccc1)C(=O)C(N)C(C)C. The van der Waals surface area contributed by atoms with Gasteiger partial charge in [0.05, 0.1) is 6.04 Å². The Morgan fingerprint density at radius 3 is 2.62 bits per heavy atom. The number of benzene rings is 1. The Morgan fingerprint density at radius 2 is 2.00 bits per heavy atom. The second-order valence-electron chi connectivity index (χ2n) is 7.25. The van der Waals surface area contributed by atoms with Crippen molar-refractivity contribution in [2.24, 2.45) is 11.7 Å². The van der Waals surface area contributed by atoms with Crippen LogP contribution in [0.4, 0.5) is 0 Å². The summed E-state index contributed by atoms with van der Waals surface area (Å²) in [7, 11) is 0. The van der Waals surface area contributed by atoms with Gasteiger partial charge in [-0.15, -0.1) is 0 Å². The average Bonchev–Trinajstić information content (AvgIpc) is 2.60. The molecular formula is C20H33N3O. The highest BCUT2D eigenvalue weighted by Crippen LogP contribution is 2.21. The number of carbonyl (C=O) groups is 1. The van der Waals surface area contributed by atoms with Crippen molar-refractivity contribution in [2.75, 3.05) is 19.6 Å². The molecule has 1 unspecified atom stereocenters. The van der Waals surface area contributed by atoms with Crippen LogP contribution in [0.25, 0.3) is 0 Å². The minimum absolute atomic E-state index is 0.0951. The third-order valence-corrected chi connectivity index (χ3v) is 5.11. The Labute approximate surface area is 147 Å². The summed E-state index contributed by atoms with van der Waals surface area (Å²) in [5.74, 6) is 0.274. The highest BCUT2D eigenvalue weighted by molar-refractivity contribution is 5.81. The Kier molecular flexibility index (Phi) is 7.25. The molecule has 134 valence electrons. The van der Waals surface area contributed by atoms with Gasteiger partial charge < -0.3 is 10.6 Å². The lowest BCUT2D eigenvalue weighted by Gasteiger charge is -2.39. The molecule has 1 aromatic rings. The lowest BCUT2D eigenvalue weighted by Crippen LogP contribution is -2.52. The lowest BCUT2D eigenvalue weighted by atomic mass is 9.99. The number of hydrogen-bond donors (Lipinski definition) is 1. The van der Waals surface area contributed by atoms with Crippen molar-refractivity contribution in [3.8, 4) is 0 Å². The first-order chi connectivity index (χ1) is 11.5. The van der Waals surface area contributed by atoms with E-state index in [9.17, 15) is 4.79 Å². The molecule has 2 atom stereocenters. The Balaban J connectivity index is 2.02. The molecule has 0 saturated carbocycles. The quantitative estimate of drug-likeness (QED) is 0.836. The van der Waals surface area contributed by atoms with Crippen molar-refractivity contribution >= 4 is 5.91 Å². The molecule has 1 amide bonds. The van der Waals surface area contributed by atoms with Crippen molar-refractivity contribution in [3.05, 3.63) is 35.9 Å². The van der Waals surface area contributed by atoms with E-state index in [0.29, 0.717) is 6.04 Å². The molecule has 0 aromatic heterocycles. The molecule has 0 bridgehead atoms. The molecule has 4 nitrogen and oxygen atoms in total. The molecular weight excluding hydrogens is 298 g/mol. The molecule has 2 rings (SSSR count). The van der Waals surface area contributed by atoms with Gasteiger partial charge in [0.1, 0.15) is 0 Å². The van der Waals surface area contributed by atoms with E-state index in [2.05, 4.69) is 42.2 Å². The zero-order valence-corrected chi connectivity index (χ0v) is 15.4. The smallest absolute Gasteiger partial charge is 0.239 e. The first kappa shape index (κ1) is 18.9. The molecule has 1 saturated heterocycles. The van der Waals surface area contributed by atoms with E-state index in [1.165, 1.54) is 18.4 Å². The molecule has 1 aliphatic rings. The van der Waals surface area contributed by atoms with Gasteiger partial charge in [0, 0.05) is 25.7 Å². The fourth-order valence-corrected chi connectivity index (χ4v) is 3.42. The minimum Gasteiger partial charge on any atom is -0.340 e. The molecule has 0 radical (unpaired) electrons. The third kappa shape index (κ3) is 5.05. The Bertz CT molecular complexity index is 503. The molecule has 1 heterocycles. The maximum absolute atomic E-state index is 12.6. The first-order valence-corrected chi connectivity index (χ1v) is 9.35. The Hall–Kier alpha value is -1.39. The van der Waals surface area contributed by atoms with E-state index < -0.39 is 6.04 Å².